The Kier molecular flexibility index (Phi) is 6.61. The van der Waals surface area contributed by atoms with E-state index in [1.54, 1.807) is 0 Å². The van der Waals surface area contributed by atoms with E-state index >= 15 is 0 Å². The summed E-state index contributed by atoms with van der Waals surface area (Å²) in [4.78, 5) is 37.0. The van der Waals surface area contributed by atoms with Gasteiger partial charge in [0.05, 0.1) is 28.8 Å². The van der Waals surface area contributed by atoms with E-state index in [-0.39, 0.29) is 15.7 Å². The third-order valence-electron chi connectivity index (χ3n) is 4.61. The number of aromatic nitrogens is 1. The lowest BCUT2D eigenvalue weighted by atomic mass is 10.0. The lowest BCUT2D eigenvalue weighted by Crippen LogP contribution is -2.62. The number of anilines is 1. The van der Waals surface area contributed by atoms with Crippen molar-refractivity contribution in [3.63, 3.8) is 0 Å². The molecule has 1 aliphatic heterocycles. The van der Waals surface area contributed by atoms with E-state index in [0.29, 0.717) is 17.3 Å². The number of carbonyl (C=O) groups excluding carboxylic acids is 3. The number of amides is 2. The molecule has 15 heteroatoms. The van der Waals surface area contributed by atoms with Crippen LogP contribution >= 0.6 is 0 Å². The second kappa shape index (κ2) is 8.98. The molecular weight excluding hydrogens is 485 g/mol. The van der Waals surface area contributed by atoms with Crippen molar-refractivity contribution in [2.24, 2.45) is 0 Å². The van der Waals surface area contributed by atoms with Crippen LogP contribution in [0.4, 0.5) is 18.9 Å². The first kappa shape index (κ1) is 25.0. The molecule has 0 aliphatic carbocycles. The summed E-state index contributed by atoms with van der Waals surface area (Å²) in [6.45, 7) is -0.0298. The maximum atomic E-state index is 13.8. The molecule has 0 bridgehead atoms. The molecular formula is C19H19F3N4O7S. The number of carbonyl (C=O) groups is 3. The van der Waals surface area contributed by atoms with Gasteiger partial charge in [0.2, 0.25) is 6.35 Å². The van der Waals surface area contributed by atoms with Crippen molar-refractivity contribution in [3.05, 3.63) is 47.8 Å². The second-order valence-electron chi connectivity index (χ2n) is 7.07. The summed E-state index contributed by atoms with van der Waals surface area (Å²) in [5.41, 5.74) is -2.13. The summed E-state index contributed by atoms with van der Waals surface area (Å²) in [6.07, 6.45) is -3.20. The number of halogens is 3. The van der Waals surface area contributed by atoms with E-state index in [4.69, 9.17) is 4.74 Å². The highest BCUT2D eigenvalue weighted by Gasteiger charge is 2.45. The van der Waals surface area contributed by atoms with Gasteiger partial charge in [-0.25, -0.2) is 8.42 Å². The average Bonchev–Trinajstić information content (AvgIpc) is 3.26. The van der Waals surface area contributed by atoms with E-state index in [1.165, 1.54) is 24.5 Å². The van der Waals surface area contributed by atoms with Crippen molar-refractivity contribution in [2.45, 2.75) is 19.5 Å². The van der Waals surface area contributed by atoms with Crippen LogP contribution in [0.3, 0.4) is 0 Å². The number of fused-ring (bicyclic) bond motifs is 1. The first-order valence-corrected chi connectivity index (χ1v) is 11.3. The Morgan fingerprint density at radius 1 is 1.21 bits per heavy atom. The summed E-state index contributed by atoms with van der Waals surface area (Å²) in [6, 6.07) is 4.57. The van der Waals surface area contributed by atoms with Crippen LogP contribution in [0.5, 0.6) is 0 Å². The van der Waals surface area contributed by atoms with E-state index < -0.39 is 58.2 Å². The Hall–Kier alpha value is -3.59. The topological polar surface area (TPSA) is 127 Å². The number of hydrazine groups is 1. The number of methoxy groups -OCH3 is 1. The number of nitrogens with zero attached hydrogens (tertiary/aromatic N) is 3. The van der Waals surface area contributed by atoms with E-state index in [2.05, 4.69) is 10.1 Å². The molecule has 184 valence electrons. The number of benzene rings is 1. The number of esters is 1. The molecule has 0 saturated carbocycles. The number of sulfonamides is 1. The molecule has 0 fully saturated rings. The zero-order valence-electron chi connectivity index (χ0n) is 18.0. The predicted molar refractivity (Wildman–Crippen MR) is 110 cm³/mol. The number of hydrogen-bond acceptors (Lipinski definition) is 8. The summed E-state index contributed by atoms with van der Waals surface area (Å²) in [5.74, 6) is -3.34. The third kappa shape index (κ3) is 4.84. The van der Waals surface area contributed by atoms with Gasteiger partial charge in [-0.15, -0.1) is 4.41 Å². The van der Waals surface area contributed by atoms with Gasteiger partial charge < -0.3 is 19.4 Å². The molecule has 2 amide bonds. The van der Waals surface area contributed by atoms with Gasteiger partial charge in [-0.05, 0) is 24.3 Å². The third-order valence-corrected chi connectivity index (χ3v) is 5.62. The number of nitrogens with one attached hydrogen (secondary N) is 1. The molecule has 1 N–H and O–H groups in total. The lowest BCUT2D eigenvalue weighted by molar-refractivity contribution is -0.157. The van der Waals surface area contributed by atoms with Crippen molar-refractivity contribution >= 4 is 33.5 Å². The quantitative estimate of drug-likeness (QED) is 0.588. The van der Waals surface area contributed by atoms with Gasteiger partial charge in [0.15, 0.2) is 6.61 Å². The summed E-state index contributed by atoms with van der Waals surface area (Å²) < 4.78 is 76.9. The van der Waals surface area contributed by atoms with Crippen LogP contribution in [0, 0.1) is 0 Å². The van der Waals surface area contributed by atoms with Crippen molar-refractivity contribution in [3.8, 4) is 5.69 Å². The van der Waals surface area contributed by atoms with E-state index in [1.807, 2.05) is 0 Å². The van der Waals surface area contributed by atoms with Crippen LogP contribution in [0.1, 0.15) is 22.8 Å². The minimum Gasteiger partial charge on any atom is -0.456 e. The summed E-state index contributed by atoms with van der Waals surface area (Å²) >= 11 is 0. The Bertz CT molecular complexity index is 1230. The molecule has 0 radical (unpaired) electrons. The highest BCUT2D eigenvalue weighted by Crippen LogP contribution is 2.39. The van der Waals surface area contributed by atoms with Crippen LogP contribution in [0.2, 0.25) is 0 Å². The minimum atomic E-state index is -4.79. The fourth-order valence-electron chi connectivity index (χ4n) is 3.26. The number of ether oxygens (including phenoxy) is 2. The molecule has 1 aliphatic rings. The fraction of sp³-hybridized carbons (Fsp3) is 0.316. The van der Waals surface area contributed by atoms with Crippen molar-refractivity contribution in [1.29, 1.82) is 0 Å². The molecule has 1 aromatic heterocycles. The smallest absolute Gasteiger partial charge is 0.418 e. The van der Waals surface area contributed by atoms with Gasteiger partial charge in [-0.1, -0.05) is 0 Å². The number of hydrogen-bond donors (Lipinski definition) is 1. The molecule has 2 heterocycles. The van der Waals surface area contributed by atoms with Gasteiger partial charge in [-0.2, -0.15) is 18.2 Å². The summed E-state index contributed by atoms with van der Waals surface area (Å²) in [7, 11) is -3.44. The molecule has 3 rings (SSSR count). The van der Waals surface area contributed by atoms with Crippen molar-refractivity contribution in [1.82, 2.24) is 14.0 Å². The first-order chi connectivity index (χ1) is 15.8. The molecule has 0 spiro atoms. The van der Waals surface area contributed by atoms with Crippen LogP contribution in [-0.4, -0.2) is 66.5 Å². The summed E-state index contributed by atoms with van der Waals surface area (Å²) in [5, 5.41) is 2.88. The minimum absolute atomic E-state index is 0.0371. The molecule has 1 atom stereocenters. The standard InChI is InChI=1S/C19H19F3N4O7S/c1-11(27)33-10-16(28)26(34(3,30)31)25-17(29)12-8-15(24-6-4-5-7-24)13(19(20,21)22)9-14(12)23-18(25)32-2/h4-9,18,23H,10H2,1-3H3. The monoisotopic (exact) mass is 504 g/mol. The van der Waals surface area contributed by atoms with Gasteiger partial charge in [0, 0.05) is 26.4 Å². The Morgan fingerprint density at radius 2 is 1.82 bits per heavy atom. The lowest BCUT2D eigenvalue weighted by Gasteiger charge is -2.41. The SMILES string of the molecule is COC1Nc2cc(C(F)(F)F)c(-n3cccc3)cc2C(=O)N1N(C(=O)COC(C)=O)S(C)(=O)=O. The van der Waals surface area contributed by atoms with Gasteiger partial charge in [0.25, 0.3) is 21.8 Å². The fourth-order valence-corrected chi connectivity index (χ4v) is 4.17. The maximum Gasteiger partial charge on any atom is 0.418 e. The Labute approximate surface area is 191 Å². The normalized spacial score (nSPS) is 16.0. The van der Waals surface area contributed by atoms with Gasteiger partial charge >= 0.3 is 12.1 Å². The Balaban J connectivity index is 2.17. The van der Waals surface area contributed by atoms with Gasteiger partial charge in [0.1, 0.15) is 0 Å². The van der Waals surface area contributed by atoms with Crippen LogP contribution in [0.15, 0.2) is 36.7 Å². The molecule has 1 aromatic carbocycles. The zero-order chi connectivity index (χ0) is 25.4. The van der Waals surface area contributed by atoms with Gasteiger partial charge in [-0.3, -0.25) is 14.4 Å². The van der Waals surface area contributed by atoms with Crippen molar-refractivity contribution < 1.29 is 45.4 Å². The number of rotatable bonds is 6. The number of alkyl halides is 3. The van der Waals surface area contributed by atoms with E-state index in [0.717, 1.165) is 24.7 Å². The molecule has 1 unspecified atom stereocenters. The molecule has 2 aromatic rings. The average molecular weight is 504 g/mol. The van der Waals surface area contributed by atoms with Crippen LogP contribution in [0.25, 0.3) is 5.69 Å². The zero-order valence-corrected chi connectivity index (χ0v) is 18.8. The van der Waals surface area contributed by atoms with E-state index in [9.17, 15) is 36.0 Å². The first-order valence-electron chi connectivity index (χ1n) is 9.43. The highest BCUT2D eigenvalue weighted by atomic mass is 32.2. The molecule has 34 heavy (non-hydrogen) atoms. The van der Waals surface area contributed by atoms with Crippen LogP contribution < -0.4 is 5.32 Å². The predicted octanol–water partition coefficient (Wildman–Crippen LogP) is 1.56. The molecule has 11 nitrogen and oxygen atoms in total. The Morgan fingerprint density at radius 3 is 2.32 bits per heavy atom. The van der Waals surface area contributed by atoms with Crippen molar-refractivity contribution in [2.75, 3.05) is 25.3 Å². The maximum absolute atomic E-state index is 13.8. The highest BCUT2D eigenvalue weighted by molar-refractivity contribution is 7.88. The van der Waals surface area contributed by atoms with Crippen LogP contribution in [-0.2, 0) is 35.3 Å². The second-order valence-corrected chi connectivity index (χ2v) is 8.88. The largest absolute Gasteiger partial charge is 0.456 e. The molecule has 0 saturated heterocycles.